The highest BCUT2D eigenvalue weighted by Gasteiger charge is 2.50. The smallest absolute Gasteiger partial charge is 0.246 e. The molecule has 5 rings (SSSR count). The van der Waals surface area contributed by atoms with Crippen molar-refractivity contribution in [2.45, 2.75) is 58.5 Å². The second kappa shape index (κ2) is 7.11. The van der Waals surface area contributed by atoms with E-state index in [4.69, 9.17) is 16.3 Å². The van der Waals surface area contributed by atoms with Crippen molar-refractivity contribution in [2.24, 2.45) is 0 Å². The summed E-state index contributed by atoms with van der Waals surface area (Å²) >= 11 is 6.43. The van der Waals surface area contributed by atoms with Crippen molar-refractivity contribution in [3.8, 4) is 5.75 Å². The molecule has 2 heterocycles. The third-order valence-electron chi connectivity index (χ3n) is 6.93. The summed E-state index contributed by atoms with van der Waals surface area (Å²) in [7, 11) is 0. The molecular weight excluding hydrogens is 418 g/mol. The summed E-state index contributed by atoms with van der Waals surface area (Å²) in [6.07, 6.45) is 1.89. The van der Waals surface area contributed by atoms with Gasteiger partial charge in [-0.2, -0.15) is 0 Å². The Bertz CT molecular complexity index is 1260. The van der Waals surface area contributed by atoms with E-state index in [0.29, 0.717) is 5.02 Å². The van der Waals surface area contributed by atoms with Gasteiger partial charge in [0.05, 0.1) is 11.1 Å². The van der Waals surface area contributed by atoms with E-state index in [1.165, 1.54) is 5.56 Å². The molecule has 0 radical (unpaired) electrons. The molecule has 0 N–H and O–H groups in total. The maximum atomic E-state index is 14.1. The fourth-order valence-electron chi connectivity index (χ4n) is 5.08. The molecule has 0 fully saturated rings. The van der Waals surface area contributed by atoms with E-state index in [9.17, 15) is 4.79 Å². The van der Waals surface area contributed by atoms with Gasteiger partial charge in [-0.1, -0.05) is 35.9 Å². The molecule has 3 nitrogen and oxygen atoms in total. The van der Waals surface area contributed by atoms with Crippen LogP contribution in [-0.4, -0.2) is 11.5 Å². The number of nitrogens with zero attached hydrogens (tertiary/aromatic N) is 1. The van der Waals surface area contributed by atoms with Gasteiger partial charge in [0.1, 0.15) is 11.4 Å². The number of rotatable bonds is 2. The van der Waals surface area contributed by atoms with E-state index in [0.717, 1.165) is 52.2 Å². The van der Waals surface area contributed by atoms with Gasteiger partial charge in [0, 0.05) is 10.7 Å². The number of fused-ring (bicyclic) bond motifs is 2. The first-order valence-electron chi connectivity index (χ1n) is 11.1. The molecule has 4 heteroatoms. The van der Waals surface area contributed by atoms with Crippen LogP contribution < -0.4 is 9.64 Å². The van der Waals surface area contributed by atoms with E-state index in [2.05, 4.69) is 39.0 Å². The average molecular weight is 446 g/mol. The van der Waals surface area contributed by atoms with Crippen molar-refractivity contribution in [2.75, 3.05) is 4.90 Å². The fraction of sp³-hybridized carbons (Fsp3) is 0.321. The Morgan fingerprint density at radius 2 is 1.78 bits per heavy atom. The van der Waals surface area contributed by atoms with E-state index in [-0.39, 0.29) is 11.5 Å². The largest absolute Gasteiger partial charge is 0.487 e. The zero-order chi connectivity index (χ0) is 22.8. The van der Waals surface area contributed by atoms with Gasteiger partial charge in [-0.05, 0) is 106 Å². The highest BCUT2D eigenvalue weighted by atomic mass is 35.5. The summed E-state index contributed by atoms with van der Waals surface area (Å²) in [4.78, 5) is 16.0. The van der Waals surface area contributed by atoms with Crippen molar-refractivity contribution < 1.29 is 9.53 Å². The third kappa shape index (κ3) is 3.14. The molecule has 0 spiro atoms. The van der Waals surface area contributed by atoms with Crippen LogP contribution in [0.2, 0.25) is 5.02 Å². The summed E-state index contributed by atoms with van der Waals surface area (Å²) in [5.41, 5.74) is 6.04. The minimum atomic E-state index is -0.837. The van der Waals surface area contributed by atoms with Crippen molar-refractivity contribution >= 4 is 28.9 Å². The quantitative estimate of drug-likeness (QED) is 0.423. The number of hydrogen-bond acceptors (Lipinski definition) is 2. The molecule has 32 heavy (non-hydrogen) atoms. The molecule has 3 aromatic carbocycles. The van der Waals surface area contributed by atoms with Crippen LogP contribution in [0.5, 0.6) is 5.75 Å². The SMILES string of the molecule is Cc1cccc(N2C(=O)C(C)(c3cc(C)c4c(c3)CCC(C)(C)O4)c3cc(Cl)ccc32)c1. The normalized spacial score (nSPS) is 21.2. The molecule has 0 saturated carbocycles. The Hall–Kier alpha value is -2.78. The Morgan fingerprint density at radius 1 is 1.00 bits per heavy atom. The van der Waals surface area contributed by atoms with Crippen LogP contribution in [0.25, 0.3) is 0 Å². The number of carbonyl (C=O) groups excluding carboxylic acids is 1. The van der Waals surface area contributed by atoms with Crippen LogP contribution >= 0.6 is 11.6 Å². The summed E-state index contributed by atoms with van der Waals surface area (Å²) in [5, 5.41) is 0.633. The number of halogens is 1. The predicted molar refractivity (Wildman–Crippen MR) is 130 cm³/mol. The van der Waals surface area contributed by atoms with Gasteiger partial charge in [0.2, 0.25) is 5.91 Å². The lowest BCUT2D eigenvalue weighted by molar-refractivity contribution is -0.120. The number of benzene rings is 3. The summed E-state index contributed by atoms with van der Waals surface area (Å²) < 4.78 is 6.30. The molecule has 1 amide bonds. The number of carbonyl (C=O) groups is 1. The Balaban J connectivity index is 1.70. The molecule has 0 bridgehead atoms. The zero-order valence-electron chi connectivity index (χ0n) is 19.3. The van der Waals surface area contributed by atoms with Crippen molar-refractivity contribution in [3.05, 3.63) is 87.4 Å². The molecule has 1 unspecified atom stereocenters. The molecule has 164 valence electrons. The molecule has 1 atom stereocenters. The first kappa shape index (κ1) is 21.1. The summed E-state index contributed by atoms with van der Waals surface area (Å²) in [6.45, 7) is 10.4. The van der Waals surface area contributed by atoms with Crippen LogP contribution in [0, 0.1) is 13.8 Å². The lowest BCUT2D eigenvalue weighted by Gasteiger charge is -2.35. The fourth-order valence-corrected chi connectivity index (χ4v) is 5.26. The highest BCUT2D eigenvalue weighted by molar-refractivity contribution is 6.31. The van der Waals surface area contributed by atoms with Gasteiger partial charge in [-0.25, -0.2) is 0 Å². The Labute approximate surface area is 195 Å². The first-order valence-corrected chi connectivity index (χ1v) is 11.5. The predicted octanol–water partition coefficient (Wildman–Crippen LogP) is 7.04. The molecule has 2 aliphatic rings. The number of ether oxygens (including phenoxy) is 1. The second-order valence-corrected chi connectivity index (χ2v) is 10.3. The van der Waals surface area contributed by atoms with Crippen LogP contribution in [0.3, 0.4) is 0 Å². The molecule has 0 aliphatic carbocycles. The van der Waals surface area contributed by atoms with Gasteiger partial charge in [-0.15, -0.1) is 0 Å². The lowest BCUT2D eigenvalue weighted by atomic mass is 9.75. The van der Waals surface area contributed by atoms with Gasteiger partial charge in [0.25, 0.3) is 0 Å². The van der Waals surface area contributed by atoms with E-state index < -0.39 is 5.41 Å². The molecule has 2 aliphatic heterocycles. The molecular formula is C28H28ClNO2. The van der Waals surface area contributed by atoms with Crippen molar-refractivity contribution in [3.63, 3.8) is 0 Å². The Kier molecular flexibility index (Phi) is 4.69. The van der Waals surface area contributed by atoms with Crippen LogP contribution in [-0.2, 0) is 16.6 Å². The lowest BCUT2D eigenvalue weighted by Crippen LogP contribution is -2.37. The van der Waals surface area contributed by atoms with E-state index in [1.54, 1.807) is 0 Å². The van der Waals surface area contributed by atoms with E-state index >= 15 is 0 Å². The maximum absolute atomic E-state index is 14.1. The van der Waals surface area contributed by atoms with Gasteiger partial charge in [-0.3, -0.25) is 9.69 Å². The standard InChI is InChI=1S/C28H28ClNO2/c1-17-7-6-8-22(13-17)30-24-10-9-21(29)16-23(24)28(5,26(30)31)20-14-18(2)25-19(15-20)11-12-27(3,4)32-25/h6-10,13-16H,11-12H2,1-5H3. The number of hydrogen-bond donors (Lipinski definition) is 0. The first-order chi connectivity index (χ1) is 15.1. The molecule has 0 saturated heterocycles. The average Bonchev–Trinajstić information content (AvgIpc) is 2.96. The van der Waals surface area contributed by atoms with E-state index in [1.807, 2.05) is 55.1 Å². The van der Waals surface area contributed by atoms with Crippen LogP contribution in [0.1, 0.15) is 55.0 Å². The molecule has 0 aromatic heterocycles. The number of aryl methyl sites for hydroxylation is 3. The minimum absolute atomic E-state index is 0.0387. The summed E-state index contributed by atoms with van der Waals surface area (Å²) in [5.74, 6) is 0.998. The monoisotopic (exact) mass is 445 g/mol. The number of amides is 1. The second-order valence-electron chi connectivity index (χ2n) is 9.91. The topological polar surface area (TPSA) is 29.5 Å². The van der Waals surface area contributed by atoms with Crippen molar-refractivity contribution in [1.29, 1.82) is 0 Å². The zero-order valence-corrected chi connectivity index (χ0v) is 20.0. The van der Waals surface area contributed by atoms with Gasteiger partial charge < -0.3 is 4.74 Å². The van der Waals surface area contributed by atoms with Crippen molar-refractivity contribution in [1.82, 2.24) is 0 Å². The third-order valence-corrected chi connectivity index (χ3v) is 7.17. The highest BCUT2D eigenvalue weighted by Crippen LogP contribution is 2.51. The van der Waals surface area contributed by atoms with Crippen LogP contribution in [0.15, 0.2) is 54.6 Å². The summed E-state index contributed by atoms with van der Waals surface area (Å²) in [6, 6.07) is 18.1. The van der Waals surface area contributed by atoms with Gasteiger partial charge >= 0.3 is 0 Å². The minimum Gasteiger partial charge on any atom is -0.487 e. The van der Waals surface area contributed by atoms with Gasteiger partial charge in [0.15, 0.2) is 0 Å². The number of anilines is 2. The maximum Gasteiger partial charge on any atom is 0.246 e. The molecule has 3 aromatic rings. The van der Waals surface area contributed by atoms with Crippen LogP contribution in [0.4, 0.5) is 11.4 Å². The Morgan fingerprint density at radius 3 is 2.53 bits per heavy atom.